The summed E-state index contributed by atoms with van der Waals surface area (Å²) in [4.78, 5) is 88.4. The first-order chi connectivity index (χ1) is 49.1. The van der Waals surface area contributed by atoms with Crippen LogP contribution in [0.15, 0.2) is 97.6 Å². The van der Waals surface area contributed by atoms with Gasteiger partial charge in [-0.3, -0.25) is 14.5 Å². The number of ether oxygens (including phenoxy) is 4. The number of piperazine rings is 2. The Hall–Kier alpha value is -9.42. The summed E-state index contributed by atoms with van der Waals surface area (Å²) < 4.78 is 22.2. The highest BCUT2D eigenvalue weighted by Crippen LogP contribution is 2.57. The van der Waals surface area contributed by atoms with E-state index < -0.39 is 11.9 Å². The van der Waals surface area contributed by atoms with Gasteiger partial charge in [0, 0.05) is 147 Å². The van der Waals surface area contributed by atoms with Crippen LogP contribution in [0.1, 0.15) is 156 Å². The summed E-state index contributed by atoms with van der Waals surface area (Å²) in [5.41, 5.74) is 9.28. The van der Waals surface area contributed by atoms with Crippen molar-refractivity contribution in [2.45, 2.75) is 133 Å². The van der Waals surface area contributed by atoms with E-state index in [1.807, 2.05) is 88.4 Å². The van der Waals surface area contributed by atoms with Gasteiger partial charge in [0.2, 0.25) is 11.6 Å². The Kier molecular flexibility index (Phi) is 25.4. The number of nitrogens with one attached hydrogen (secondary N) is 3. The van der Waals surface area contributed by atoms with Gasteiger partial charge in [-0.15, -0.1) is 12.4 Å². The number of amides is 2. The largest absolute Gasteiger partial charge is 0.489 e. The maximum atomic E-state index is 13.5. The molecule has 2 aliphatic carbocycles. The number of rotatable bonds is 17. The van der Waals surface area contributed by atoms with Crippen molar-refractivity contribution in [1.82, 2.24) is 40.8 Å². The highest BCUT2D eigenvalue weighted by atomic mass is 35.5. The van der Waals surface area contributed by atoms with Gasteiger partial charge in [-0.25, -0.2) is 29.5 Å². The number of halogens is 1. The fraction of sp³-hybridized carbons (Fsp3) is 0.512. The summed E-state index contributed by atoms with van der Waals surface area (Å²) in [6, 6.07) is 27.9. The smallest absolute Gasteiger partial charge is 0.376 e. The predicted octanol–water partition coefficient (Wildman–Crippen LogP) is 10.7. The molecular formula is C80H103ClN14O9. The molecule has 0 bridgehead atoms. The number of anilines is 4. The lowest BCUT2D eigenvalue weighted by atomic mass is 9.49. The Bertz CT molecular complexity index is 3990. The highest BCUT2D eigenvalue weighted by molar-refractivity contribution is 5.96. The second kappa shape index (κ2) is 33.6. The summed E-state index contributed by atoms with van der Waals surface area (Å²) in [7, 11) is 2.64. The first kappa shape index (κ1) is 78.7. The number of aldehydes is 1. The van der Waals surface area contributed by atoms with E-state index in [-0.39, 0.29) is 87.7 Å². The quantitative estimate of drug-likeness (QED) is 0.0565. The Balaban J connectivity index is 0.000000204. The summed E-state index contributed by atoms with van der Waals surface area (Å²) in [6.45, 7) is 37.2. The molecule has 4 saturated heterocycles. The predicted molar refractivity (Wildman–Crippen MR) is 404 cm³/mol. The van der Waals surface area contributed by atoms with Gasteiger partial charge in [0.15, 0.2) is 0 Å². The van der Waals surface area contributed by atoms with Crippen LogP contribution < -0.4 is 45.0 Å². The number of hydrogen-bond acceptors (Lipinski definition) is 21. The van der Waals surface area contributed by atoms with Crippen molar-refractivity contribution in [2.75, 3.05) is 119 Å². The van der Waals surface area contributed by atoms with Crippen molar-refractivity contribution in [3.05, 3.63) is 154 Å². The van der Waals surface area contributed by atoms with E-state index in [9.17, 15) is 34.5 Å². The molecule has 24 heteroatoms. The highest BCUT2D eigenvalue weighted by Gasteiger charge is 2.65. The van der Waals surface area contributed by atoms with E-state index in [2.05, 4.69) is 145 Å². The lowest BCUT2D eigenvalue weighted by molar-refractivity contribution is -0.164. The fourth-order valence-electron chi connectivity index (χ4n) is 16.8. The maximum absolute atomic E-state index is 13.5. The number of carbonyl (C=O) groups excluding carboxylic acids is 5. The standard InChI is InChI=1S/C40H51N7O4.C30H37N3O3.C10H14N4O2.ClH/c1-26-20-32(21-27(2)33(26)22-41)51-38-39(3,4)37(40(38,5)6)44-35(48)29-8-10-30(11-9-29)46-14-12-28(13-15-46)25-45-16-18-47(19-17-45)31-23-42-34(43-24-31)36(49)50-7;1-19-15-24(16-20(2)25(19)17-31)36-28-29(3,4)27(30(28,5)6)32-26(35)22-7-9-23(10-8-22)33-13-11-21(18-34)12-14-33;1-16-10(15)9-12-6-8(7-13-9)14-4-2-11-3-5-14;/h8-11,20-21,23-24,28,37-38H,12-19,25H2,1-7H3,(H,44,48);7-10,15-16,18,21,27-28H,11-14H2,1-6H3,(H,32,35);6-7,11H,2-5H2,1H3;1H. The molecule has 0 atom stereocenters. The summed E-state index contributed by atoms with van der Waals surface area (Å²) in [5, 5.41) is 28.7. The number of aromatic nitrogens is 4. The van der Waals surface area contributed by atoms with E-state index in [0.29, 0.717) is 28.2 Å². The third kappa shape index (κ3) is 17.5. The van der Waals surface area contributed by atoms with E-state index in [1.54, 1.807) is 24.8 Å². The number of esters is 2. The summed E-state index contributed by atoms with van der Waals surface area (Å²) in [6.07, 6.45) is 11.6. The average molecular weight is 1440 g/mol. The third-order valence-electron chi connectivity index (χ3n) is 22.1. The van der Waals surface area contributed by atoms with Crippen LogP contribution in [0.4, 0.5) is 22.7 Å². The molecule has 23 nitrogen and oxygen atoms in total. The van der Waals surface area contributed by atoms with E-state index in [4.69, 9.17) is 14.2 Å². The molecule has 104 heavy (non-hydrogen) atoms. The van der Waals surface area contributed by atoms with Crippen molar-refractivity contribution in [2.24, 2.45) is 33.5 Å². The molecule has 3 N–H and O–H groups in total. The number of nitriles is 2. The molecule has 0 unspecified atom stereocenters. The van der Waals surface area contributed by atoms with Crippen LogP contribution in [0.5, 0.6) is 11.5 Å². The maximum Gasteiger partial charge on any atom is 0.376 e. The minimum absolute atomic E-state index is 0. The Morgan fingerprint density at radius 2 is 0.846 bits per heavy atom. The van der Waals surface area contributed by atoms with Crippen LogP contribution in [0, 0.1) is 83.9 Å². The molecule has 4 aliphatic heterocycles. The average Bonchev–Trinajstić information content (AvgIpc) is 0.713. The molecule has 6 aromatic rings. The molecule has 2 saturated carbocycles. The van der Waals surface area contributed by atoms with Gasteiger partial charge in [-0.1, -0.05) is 55.4 Å². The molecule has 2 aromatic heterocycles. The fourth-order valence-corrected chi connectivity index (χ4v) is 16.8. The third-order valence-corrected chi connectivity index (χ3v) is 22.1. The zero-order valence-corrected chi connectivity index (χ0v) is 63.6. The van der Waals surface area contributed by atoms with E-state index in [1.165, 1.54) is 14.2 Å². The molecule has 4 aromatic carbocycles. The lowest BCUT2D eigenvalue weighted by Gasteiger charge is -2.63. The molecule has 6 aliphatic rings. The number of carbonyl (C=O) groups is 5. The topological polar surface area (TPSA) is 274 Å². The lowest BCUT2D eigenvalue weighted by Crippen LogP contribution is -2.74. The number of aryl methyl sites for hydroxylation is 4. The van der Waals surface area contributed by atoms with Gasteiger partial charge in [-0.2, -0.15) is 10.5 Å². The monoisotopic (exact) mass is 1440 g/mol. The number of benzene rings is 4. The van der Waals surface area contributed by atoms with E-state index in [0.717, 1.165) is 174 Å². The van der Waals surface area contributed by atoms with Crippen LogP contribution in [0.2, 0.25) is 0 Å². The minimum atomic E-state index is -0.525. The van der Waals surface area contributed by atoms with Crippen molar-refractivity contribution in [1.29, 1.82) is 10.5 Å². The normalized spacial score (nSPS) is 21.0. The molecule has 12 rings (SSSR count). The molecule has 0 radical (unpaired) electrons. The van der Waals surface area contributed by atoms with Gasteiger partial charge >= 0.3 is 11.9 Å². The van der Waals surface area contributed by atoms with Crippen molar-refractivity contribution < 1.29 is 42.9 Å². The van der Waals surface area contributed by atoms with Crippen molar-refractivity contribution >= 4 is 65.2 Å². The van der Waals surface area contributed by atoms with Crippen molar-refractivity contribution in [3.63, 3.8) is 0 Å². The van der Waals surface area contributed by atoms with Crippen LogP contribution in [-0.4, -0.2) is 178 Å². The first-order valence-electron chi connectivity index (χ1n) is 36.0. The number of nitrogens with zero attached hydrogens (tertiary/aromatic N) is 11. The Labute approximate surface area is 619 Å². The molecule has 2 amide bonds. The number of hydrogen-bond donors (Lipinski definition) is 3. The first-order valence-corrected chi connectivity index (χ1v) is 36.0. The SMILES string of the molecule is COC(=O)c1ncc(N2CCN(CC3CCN(c4ccc(C(=O)NC5C(C)(C)C(Oc6cc(C)c(C#N)c(C)c6)C5(C)C)cc4)CC3)CC2)cn1.COC(=O)c1ncc(N2CCNCC2)cn1.Cc1cc(OC2C(C)(C)C(NC(=O)c3ccc(N4CCC(C=O)CC4)cc3)C2(C)C)cc(C)c1C#N.Cl. The van der Waals surface area contributed by atoms with Crippen LogP contribution >= 0.6 is 12.4 Å². The number of methoxy groups -OCH3 is 2. The minimum Gasteiger partial charge on any atom is -0.489 e. The van der Waals surface area contributed by atoms with Gasteiger partial charge in [0.25, 0.3) is 11.8 Å². The molecule has 554 valence electrons. The summed E-state index contributed by atoms with van der Waals surface area (Å²) >= 11 is 0. The summed E-state index contributed by atoms with van der Waals surface area (Å²) in [5.74, 6) is 1.33. The van der Waals surface area contributed by atoms with Gasteiger partial charge in [-0.05, 0) is 154 Å². The van der Waals surface area contributed by atoms with Crippen LogP contribution in [0.3, 0.4) is 0 Å². The molecule has 6 fully saturated rings. The zero-order chi connectivity index (χ0) is 74.1. The van der Waals surface area contributed by atoms with Gasteiger partial charge < -0.3 is 59.3 Å². The molecule has 0 spiro atoms. The van der Waals surface area contributed by atoms with Gasteiger partial charge in [0.05, 0.1) is 73.6 Å². The van der Waals surface area contributed by atoms with E-state index >= 15 is 0 Å². The van der Waals surface area contributed by atoms with Crippen LogP contribution in [-0.2, 0) is 14.3 Å². The van der Waals surface area contributed by atoms with Gasteiger partial charge in [0.1, 0.15) is 30.0 Å². The molecular weight excluding hydrogens is 1340 g/mol. The van der Waals surface area contributed by atoms with Crippen LogP contribution in [0.25, 0.3) is 0 Å². The molecule has 6 heterocycles. The zero-order valence-electron chi connectivity index (χ0n) is 62.8. The van der Waals surface area contributed by atoms with Crippen molar-refractivity contribution in [3.8, 4) is 23.6 Å². The Morgan fingerprint density at radius 3 is 1.18 bits per heavy atom. The number of piperidine rings is 2. The second-order valence-electron chi connectivity index (χ2n) is 30.7. The Morgan fingerprint density at radius 1 is 0.510 bits per heavy atom. The second-order valence-corrected chi connectivity index (χ2v) is 30.7.